The molecule has 7 nitrogen and oxygen atoms in total. The van der Waals surface area contributed by atoms with Crippen molar-refractivity contribution in [3.63, 3.8) is 0 Å². The molecule has 3 atom stereocenters. The van der Waals surface area contributed by atoms with Crippen LogP contribution < -0.4 is 4.90 Å². The summed E-state index contributed by atoms with van der Waals surface area (Å²) in [6.45, 7) is 8.70. The standard InChI is InChI=1S/C23H29N5O2/c1-16-10-28(22-5-4-17(9-24)23-21(22)3-2-7-25-23)15-20(30-16)14-26-11-18(12-26)27-8-6-19(29)13-27/h2-5,7,16,18-20,29H,6,8,10-15H2,1H3/t16-,19+,20+/m1/s1. The number of morpholine rings is 1. The summed E-state index contributed by atoms with van der Waals surface area (Å²) in [5.41, 5.74) is 2.52. The number of aliphatic hydroxyl groups is 1. The summed E-state index contributed by atoms with van der Waals surface area (Å²) in [4.78, 5) is 11.7. The van der Waals surface area contributed by atoms with E-state index in [1.165, 1.54) is 0 Å². The first-order valence-electron chi connectivity index (χ1n) is 10.9. The number of hydrogen-bond acceptors (Lipinski definition) is 7. The first-order valence-corrected chi connectivity index (χ1v) is 10.9. The number of nitriles is 1. The molecule has 0 saturated carbocycles. The van der Waals surface area contributed by atoms with Gasteiger partial charge in [-0.1, -0.05) is 0 Å². The summed E-state index contributed by atoms with van der Waals surface area (Å²) in [6.07, 6.45) is 2.81. The number of benzene rings is 1. The van der Waals surface area contributed by atoms with Crippen LogP contribution in [0.15, 0.2) is 30.5 Å². The molecule has 30 heavy (non-hydrogen) atoms. The molecule has 3 saturated heterocycles. The number of aromatic nitrogens is 1. The maximum absolute atomic E-state index is 9.77. The van der Waals surface area contributed by atoms with Crippen molar-refractivity contribution >= 4 is 16.6 Å². The number of β-amino-alcohol motifs (C(OH)–C–C–N with tert-alkyl or cyclic N) is 1. The summed E-state index contributed by atoms with van der Waals surface area (Å²) in [7, 11) is 0. The Bertz CT molecular complexity index is 954. The predicted molar refractivity (Wildman–Crippen MR) is 115 cm³/mol. The van der Waals surface area contributed by atoms with E-state index in [0.29, 0.717) is 11.6 Å². The van der Waals surface area contributed by atoms with Gasteiger partial charge < -0.3 is 14.7 Å². The summed E-state index contributed by atoms with van der Waals surface area (Å²) in [5, 5.41) is 20.2. The predicted octanol–water partition coefficient (Wildman–Crippen LogP) is 1.45. The van der Waals surface area contributed by atoms with Gasteiger partial charge in [-0.05, 0) is 37.6 Å². The van der Waals surface area contributed by atoms with Crippen LogP contribution >= 0.6 is 0 Å². The molecule has 3 aliphatic rings. The van der Waals surface area contributed by atoms with E-state index in [1.807, 2.05) is 12.1 Å². The van der Waals surface area contributed by atoms with Crippen molar-refractivity contribution in [3.8, 4) is 6.07 Å². The summed E-state index contributed by atoms with van der Waals surface area (Å²) >= 11 is 0. The number of anilines is 1. The Morgan fingerprint density at radius 3 is 2.83 bits per heavy atom. The number of pyridine rings is 1. The van der Waals surface area contributed by atoms with Gasteiger partial charge in [0.1, 0.15) is 6.07 Å². The largest absolute Gasteiger partial charge is 0.392 e. The van der Waals surface area contributed by atoms with Gasteiger partial charge in [0.25, 0.3) is 0 Å². The monoisotopic (exact) mass is 407 g/mol. The highest BCUT2D eigenvalue weighted by molar-refractivity contribution is 5.95. The Kier molecular flexibility index (Phi) is 5.34. The summed E-state index contributed by atoms with van der Waals surface area (Å²) < 4.78 is 6.27. The number of ether oxygens (including phenoxy) is 1. The quantitative estimate of drug-likeness (QED) is 0.822. The Morgan fingerprint density at radius 1 is 1.20 bits per heavy atom. The van der Waals surface area contributed by atoms with Crippen LogP contribution in [-0.4, -0.2) is 90.1 Å². The molecule has 3 fully saturated rings. The van der Waals surface area contributed by atoms with Crippen molar-refractivity contribution in [3.05, 3.63) is 36.0 Å². The van der Waals surface area contributed by atoms with Gasteiger partial charge in [-0.3, -0.25) is 14.8 Å². The average molecular weight is 408 g/mol. The maximum Gasteiger partial charge on any atom is 0.101 e. The normalized spacial score (nSPS) is 28.6. The molecule has 1 aromatic carbocycles. The van der Waals surface area contributed by atoms with Gasteiger partial charge in [0.05, 0.1) is 29.4 Å². The van der Waals surface area contributed by atoms with Crippen molar-refractivity contribution in [1.82, 2.24) is 14.8 Å². The summed E-state index contributed by atoms with van der Waals surface area (Å²) in [5.74, 6) is 0. The van der Waals surface area contributed by atoms with Crippen molar-refractivity contribution in [1.29, 1.82) is 5.26 Å². The molecule has 1 N–H and O–H groups in total. The van der Waals surface area contributed by atoms with Crippen LogP contribution in [-0.2, 0) is 4.74 Å². The molecule has 3 aliphatic heterocycles. The Balaban J connectivity index is 1.26. The number of likely N-dealkylation sites (tertiary alicyclic amines) is 2. The second-order valence-corrected chi connectivity index (χ2v) is 8.93. The second kappa shape index (κ2) is 8.12. The van der Waals surface area contributed by atoms with E-state index in [1.54, 1.807) is 6.20 Å². The molecular weight excluding hydrogens is 378 g/mol. The highest BCUT2D eigenvalue weighted by Crippen LogP contribution is 2.31. The van der Waals surface area contributed by atoms with E-state index in [0.717, 1.165) is 68.8 Å². The molecule has 4 heterocycles. The van der Waals surface area contributed by atoms with E-state index in [9.17, 15) is 10.4 Å². The fourth-order valence-corrected chi connectivity index (χ4v) is 5.18. The van der Waals surface area contributed by atoms with Crippen LogP contribution in [0, 0.1) is 11.3 Å². The van der Waals surface area contributed by atoms with Gasteiger partial charge in [-0.25, -0.2) is 0 Å². The van der Waals surface area contributed by atoms with E-state index in [2.05, 4.69) is 44.8 Å². The number of fused-ring (bicyclic) bond motifs is 1. The first-order chi connectivity index (χ1) is 14.6. The fraction of sp³-hybridized carbons (Fsp3) is 0.565. The van der Waals surface area contributed by atoms with Crippen LogP contribution in [0.2, 0.25) is 0 Å². The third-order valence-electron chi connectivity index (χ3n) is 6.64. The molecule has 0 aliphatic carbocycles. The average Bonchev–Trinajstić information content (AvgIpc) is 3.14. The van der Waals surface area contributed by atoms with Gasteiger partial charge in [-0.15, -0.1) is 0 Å². The third kappa shape index (κ3) is 3.77. The SMILES string of the molecule is C[C@@H]1CN(c2ccc(C#N)c3ncccc23)C[C@H](CN2CC(N3CC[C@H](O)C3)C2)O1. The number of hydrogen-bond donors (Lipinski definition) is 1. The molecule has 0 radical (unpaired) electrons. The molecule has 0 bridgehead atoms. The molecule has 2 aromatic rings. The van der Waals surface area contributed by atoms with Crippen molar-refractivity contribution in [2.24, 2.45) is 0 Å². The molecule has 158 valence electrons. The fourth-order valence-electron chi connectivity index (χ4n) is 5.18. The highest BCUT2D eigenvalue weighted by Gasteiger charge is 2.37. The van der Waals surface area contributed by atoms with E-state index in [4.69, 9.17) is 4.74 Å². The summed E-state index contributed by atoms with van der Waals surface area (Å²) in [6, 6.07) is 10.8. The minimum Gasteiger partial charge on any atom is -0.392 e. The zero-order valence-corrected chi connectivity index (χ0v) is 17.4. The van der Waals surface area contributed by atoms with Gasteiger partial charge in [0.2, 0.25) is 0 Å². The van der Waals surface area contributed by atoms with E-state index < -0.39 is 0 Å². The number of nitrogens with zero attached hydrogens (tertiary/aromatic N) is 5. The lowest BCUT2D eigenvalue weighted by molar-refractivity contribution is -0.0558. The second-order valence-electron chi connectivity index (χ2n) is 8.93. The van der Waals surface area contributed by atoms with Gasteiger partial charge >= 0.3 is 0 Å². The molecule has 0 unspecified atom stereocenters. The molecule has 0 spiro atoms. The van der Waals surface area contributed by atoms with Crippen LogP contribution in [0.1, 0.15) is 18.9 Å². The third-order valence-corrected chi connectivity index (χ3v) is 6.64. The van der Waals surface area contributed by atoms with E-state index >= 15 is 0 Å². The molecular formula is C23H29N5O2. The zero-order chi connectivity index (χ0) is 20.7. The Hall–Kier alpha value is -2.24. The van der Waals surface area contributed by atoms with Gasteiger partial charge in [0.15, 0.2) is 0 Å². The lowest BCUT2D eigenvalue weighted by Crippen LogP contribution is -2.62. The zero-order valence-electron chi connectivity index (χ0n) is 17.4. The van der Waals surface area contributed by atoms with Crippen molar-refractivity contribution in [2.75, 3.05) is 50.7 Å². The maximum atomic E-state index is 9.77. The lowest BCUT2D eigenvalue weighted by atomic mass is 10.0. The van der Waals surface area contributed by atoms with Crippen molar-refractivity contribution in [2.45, 2.75) is 37.7 Å². The van der Waals surface area contributed by atoms with Gasteiger partial charge in [0, 0.05) is 69.1 Å². The smallest absolute Gasteiger partial charge is 0.101 e. The Labute approximate surface area is 177 Å². The molecule has 7 heteroatoms. The minimum atomic E-state index is -0.146. The first kappa shape index (κ1) is 19.7. The number of aliphatic hydroxyl groups excluding tert-OH is 1. The molecule has 1 aromatic heterocycles. The highest BCUT2D eigenvalue weighted by atomic mass is 16.5. The van der Waals surface area contributed by atoms with Crippen LogP contribution in [0.5, 0.6) is 0 Å². The minimum absolute atomic E-state index is 0.146. The van der Waals surface area contributed by atoms with Crippen LogP contribution in [0.25, 0.3) is 10.9 Å². The Morgan fingerprint density at radius 2 is 2.07 bits per heavy atom. The van der Waals surface area contributed by atoms with Crippen LogP contribution in [0.3, 0.4) is 0 Å². The topological polar surface area (TPSA) is 75.9 Å². The molecule has 0 amide bonds. The van der Waals surface area contributed by atoms with E-state index in [-0.39, 0.29) is 18.3 Å². The van der Waals surface area contributed by atoms with Crippen molar-refractivity contribution < 1.29 is 9.84 Å². The molecule has 5 rings (SSSR count). The lowest BCUT2D eigenvalue weighted by Gasteiger charge is -2.47. The number of rotatable bonds is 4. The van der Waals surface area contributed by atoms with Crippen LogP contribution in [0.4, 0.5) is 5.69 Å². The van der Waals surface area contributed by atoms with Gasteiger partial charge in [-0.2, -0.15) is 5.26 Å².